The minimum Gasteiger partial charge on any atom is -0.391 e. The fourth-order valence-corrected chi connectivity index (χ4v) is 4.18. The van der Waals surface area contributed by atoms with Gasteiger partial charge in [0, 0.05) is 6.42 Å². The van der Waals surface area contributed by atoms with Gasteiger partial charge in [0.2, 0.25) is 5.82 Å². The van der Waals surface area contributed by atoms with Crippen LogP contribution in [0.4, 0.5) is 0 Å². The lowest BCUT2D eigenvalue weighted by Gasteiger charge is -2.29. The van der Waals surface area contributed by atoms with Crippen LogP contribution in [0.15, 0.2) is 23.0 Å². The average molecular weight is 414 g/mol. The summed E-state index contributed by atoms with van der Waals surface area (Å²) in [4.78, 5) is 17.0. The van der Waals surface area contributed by atoms with Gasteiger partial charge >= 0.3 is 0 Å². The molecule has 2 heterocycles. The first kappa shape index (κ1) is 22.1. The van der Waals surface area contributed by atoms with Gasteiger partial charge in [-0.15, -0.1) is 5.10 Å². The molecule has 3 N–H and O–H groups in total. The number of aryl methyl sites for hydroxylation is 2. The fraction of sp³-hybridized carbons (Fsp3) is 0.545. The molecule has 3 aromatic rings. The Morgan fingerprint density at radius 1 is 1.23 bits per heavy atom. The van der Waals surface area contributed by atoms with Crippen LogP contribution in [-0.4, -0.2) is 43.4 Å². The van der Waals surface area contributed by atoms with E-state index in [0.29, 0.717) is 18.7 Å². The van der Waals surface area contributed by atoms with Crippen molar-refractivity contribution in [2.75, 3.05) is 13.2 Å². The highest BCUT2D eigenvalue weighted by Crippen LogP contribution is 2.20. The summed E-state index contributed by atoms with van der Waals surface area (Å²) in [6.07, 6.45) is 0.787. The molecule has 1 unspecified atom stereocenters. The van der Waals surface area contributed by atoms with Gasteiger partial charge in [-0.1, -0.05) is 18.6 Å². The number of aromatic amines is 1. The summed E-state index contributed by atoms with van der Waals surface area (Å²) < 4.78 is 1.84. The summed E-state index contributed by atoms with van der Waals surface area (Å²) in [5.74, 6) is 0.775. The lowest BCUT2D eigenvalue weighted by Crippen LogP contribution is -3.11. The predicted octanol–water partition coefficient (Wildman–Crippen LogP) is 1.41. The quantitative estimate of drug-likeness (QED) is 0.544. The van der Waals surface area contributed by atoms with E-state index >= 15 is 0 Å². The van der Waals surface area contributed by atoms with Crippen molar-refractivity contribution >= 4 is 10.9 Å². The molecule has 0 spiro atoms. The van der Waals surface area contributed by atoms with E-state index in [9.17, 15) is 9.90 Å². The van der Waals surface area contributed by atoms with E-state index in [4.69, 9.17) is 0 Å². The van der Waals surface area contributed by atoms with Crippen molar-refractivity contribution in [2.24, 2.45) is 0 Å². The van der Waals surface area contributed by atoms with Gasteiger partial charge in [0.15, 0.2) is 0 Å². The zero-order chi connectivity index (χ0) is 22.1. The topological polar surface area (TPSA) is 101 Å². The third-order valence-electron chi connectivity index (χ3n) is 5.56. The van der Waals surface area contributed by atoms with Crippen LogP contribution in [0.1, 0.15) is 62.7 Å². The molecule has 3 rings (SSSR count). The number of hydrogen-bond donors (Lipinski definition) is 3. The SMILES string of the molecule is CC[C@H](c1nnnn1C(C)(C)C)[NH+](CCO)Cc1cc2cc(C)cc(C)c2[nH]c1=O. The number of H-pyrrole nitrogens is 1. The highest BCUT2D eigenvalue weighted by atomic mass is 16.3. The van der Waals surface area contributed by atoms with Gasteiger partial charge in [0.05, 0.1) is 23.2 Å². The van der Waals surface area contributed by atoms with Crippen molar-refractivity contribution in [1.82, 2.24) is 25.2 Å². The second-order valence-corrected chi connectivity index (χ2v) is 9.06. The van der Waals surface area contributed by atoms with Gasteiger partial charge in [-0.25, -0.2) is 4.68 Å². The van der Waals surface area contributed by atoms with E-state index in [0.717, 1.165) is 39.2 Å². The van der Waals surface area contributed by atoms with Crippen LogP contribution in [0.5, 0.6) is 0 Å². The number of aliphatic hydroxyl groups excluding tert-OH is 1. The van der Waals surface area contributed by atoms with Crippen molar-refractivity contribution in [1.29, 1.82) is 0 Å². The number of fused-ring (bicyclic) bond motifs is 1. The molecule has 0 bridgehead atoms. The van der Waals surface area contributed by atoms with Crippen LogP contribution in [0.3, 0.4) is 0 Å². The normalized spacial score (nSPS) is 14.2. The van der Waals surface area contributed by atoms with Crippen molar-refractivity contribution < 1.29 is 10.0 Å². The first-order chi connectivity index (χ1) is 14.2. The number of quaternary nitrogens is 1. The average Bonchev–Trinajstić information content (AvgIpc) is 3.14. The molecule has 30 heavy (non-hydrogen) atoms. The Hall–Kier alpha value is -2.58. The third kappa shape index (κ3) is 4.44. The first-order valence-electron chi connectivity index (χ1n) is 10.5. The number of rotatable bonds is 7. The Morgan fingerprint density at radius 3 is 2.60 bits per heavy atom. The molecular weight excluding hydrogens is 380 g/mol. The fourth-order valence-electron chi connectivity index (χ4n) is 4.18. The van der Waals surface area contributed by atoms with E-state index in [1.807, 2.05) is 17.7 Å². The van der Waals surface area contributed by atoms with Crippen molar-refractivity contribution in [2.45, 2.75) is 66.1 Å². The third-order valence-corrected chi connectivity index (χ3v) is 5.56. The molecule has 0 aliphatic rings. The summed E-state index contributed by atoms with van der Waals surface area (Å²) in [5.41, 5.74) is 3.45. The Labute approximate surface area is 176 Å². The number of nitrogens with one attached hydrogen (secondary N) is 2. The maximum absolute atomic E-state index is 12.9. The summed E-state index contributed by atoms with van der Waals surface area (Å²) in [6.45, 7) is 13.3. The molecule has 8 heteroatoms. The zero-order valence-corrected chi connectivity index (χ0v) is 18.8. The van der Waals surface area contributed by atoms with Crippen LogP contribution in [-0.2, 0) is 12.1 Å². The first-order valence-corrected chi connectivity index (χ1v) is 10.5. The molecule has 0 radical (unpaired) electrons. The smallest absolute Gasteiger partial charge is 0.257 e. The van der Waals surface area contributed by atoms with Gasteiger partial charge in [0.25, 0.3) is 5.56 Å². The molecule has 2 aromatic heterocycles. The number of nitrogens with zero attached hydrogens (tertiary/aromatic N) is 4. The summed E-state index contributed by atoms with van der Waals surface area (Å²) in [7, 11) is 0. The Kier molecular flexibility index (Phi) is 6.38. The Morgan fingerprint density at radius 2 is 1.97 bits per heavy atom. The molecule has 8 nitrogen and oxygen atoms in total. The van der Waals surface area contributed by atoms with Gasteiger partial charge in [-0.2, -0.15) is 0 Å². The molecule has 162 valence electrons. The number of tetrazole rings is 1. The zero-order valence-electron chi connectivity index (χ0n) is 18.8. The van der Waals surface area contributed by atoms with Gasteiger partial charge < -0.3 is 15.0 Å². The van der Waals surface area contributed by atoms with E-state index < -0.39 is 0 Å². The molecular formula is C22H33N6O2+. The van der Waals surface area contributed by atoms with Crippen LogP contribution >= 0.6 is 0 Å². The Balaban J connectivity index is 2.02. The van der Waals surface area contributed by atoms with E-state index in [2.05, 4.69) is 67.3 Å². The number of hydrogen-bond acceptors (Lipinski definition) is 5. The second kappa shape index (κ2) is 8.65. The molecule has 0 fully saturated rings. The summed E-state index contributed by atoms with van der Waals surface area (Å²) in [5, 5.41) is 23.2. The molecule has 0 amide bonds. The van der Waals surface area contributed by atoms with Crippen molar-refractivity contribution in [3.05, 3.63) is 51.1 Å². The maximum Gasteiger partial charge on any atom is 0.257 e. The number of pyridine rings is 1. The highest BCUT2D eigenvalue weighted by Gasteiger charge is 2.32. The van der Waals surface area contributed by atoms with Gasteiger partial charge in [0.1, 0.15) is 19.1 Å². The van der Waals surface area contributed by atoms with Crippen LogP contribution in [0, 0.1) is 13.8 Å². The van der Waals surface area contributed by atoms with Crippen LogP contribution in [0.2, 0.25) is 0 Å². The molecule has 0 saturated carbocycles. The monoisotopic (exact) mass is 413 g/mol. The Bertz CT molecular complexity index is 1080. The predicted molar refractivity (Wildman–Crippen MR) is 117 cm³/mol. The van der Waals surface area contributed by atoms with E-state index in [1.165, 1.54) is 0 Å². The highest BCUT2D eigenvalue weighted by molar-refractivity contribution is 5.82. The summed E-state index contributed by atoms with van der Waals surface area (Å²) >= 11 is 0. The van der Waals surface area contributed by atoms with E-state index in [-0.39, 0.29) is 23.7 Å². The molecule has 0 aliphatic carbocycles. The number of benzene rings is 1. The molecule has 2 atom stereocenters. The van der Waals surface area contributed by atoms with Gasteiger partial charge in [-0.05, 0) is 68.1 Å². The van der Waals surface area contributed by atoms with Crippen molar-refractivity contribution in [3.63, 3.8) is 0 Å². The summed E-state index contributed by atoms with van der Waals surface area (Å²) in [6, 6.07) is 6.09. The van der Waals surface area contributed by atoms with Crippen LogP contribution in [0.25, 0.3) is 10.9 Å². The molecule has 0 aliphatic heterocycles. The lowest BCUT2D eigenvalue weighted by molar-refractivity contribution is -0.946. The van der Waals surface area contributed by atoms with Gasteiger partial charge in [-0.3, -0.25) is 4.79 Å². The number of aromatic nitrogens is 5. The largest absolute Gasteiger partial charge is 0.391 e. The second-order valence-electron chi connectivity index (χ2n) is 9.06. The number of aliphatic hydroxyl groups is 1. The molecule has 1 aromatic carbocycles. The minimum atomic E-state index is -0.258. The lowest BCUT2D eigenvalue weighted by atomic mass is 10.0. The van der Waals surface area contributed by atoms with Crippen LogP contribution < -0.4 is 10.5 Å². The van der Waals surface area contributed by atoms with Crippen molar-refractivity contribution in [3.8, 4) is 0 Å². The minimum absolute atomic E-state index is 0.0205. The standard InChI is InChI=1S/C22H32N6O2/c1-7-18(20-24-25-26-28(20)22(4,5)6)27(8-9-29)13-17-12-16-11-14(2)10-15(3)19(16)23-21(17)30/h10-12,18,29H,7-9,13H2,1-6H3,(H,23,30)/p+1/t18-/m1/s1. The molecule has 0 saturated heterocycles. The van der Waals surface area contributed by atoms with E-state index in [1.54, 1.807) is 0 Å². The maximum atomic E-state index is 12.9.